The van der Waals surface area contributed by atoms with Gasteiger partial charge in [-0.2, -0.15) is 0 Å². The van der Waals surface area contributed by atoms with E-state index in [0.717, 1.165) is 0 Å². The average molecular weight is 279 g/mol. The van der Waals surface area contributed by atoms with Gasteiger partial charge in [0.05, 0.1) is 0 Å². The van der Waals surface area contributed by atoms with Gasteiger partial charge in [-0.15, -0.1) is 0 Å². The summed E-state index contributed by atoms with van der Waals surface area (Å²) in [6.45, 7) is 6.31. The Kier molecular flexibility index (Phi) is 8.64. The third-order valence-corrected chi connectivity index (χ3v) is 4.62. The molecule has 116 valence electrons. The van der Waals surface area contributed by atoms with Gasteiger partial charge in [0.2, 0.25) is 5.91 Å². The van der Waals surface area contributed by atoms with Crippen LogP contribution in [0.5, 0.6) is 0 Å². The quantitative estimate of drug-likeness (QED) is 0.375. The topological polar surface area (TPSA) is 43.1 Å². The van der Waals surface area contributed by atoms with Crippen LogP contribution < -0.4 is 5.73 Å². The van der Waals surface area contributed by atoms with Crippen LogP contribution >= 0.6 is 0 Å². The van der Waals surface area contributed by atoms with Crippen molar-refractivity contribution in [3.05, 3.63) is 12.2 Å². The lowest BCUT2D eigenvalue weighted by Gasteiger charge is -2.02. The zero-order chi connectivity index (χ0) is 14.8. The van der Waals surface area contributed by atoms with E-state index in [9.17, 15) is 4.79 Å². The Morgan fingerprint density at radius 2 is 1.45 bits per heavy atom. The molecule has 1 amide bonds. The fourth-order valence-electron chi connectivity index (χ4n) is 3.17. The van der Waals surface area contributed by atoms with E-state index in [-0.39, 0.29) is 5.91 Å². The molecule has 0 aromatic carbocycles. The summed E-state index contributed by atoms with van der Waals surface area (Å²) in [5.41, 5.74) is 6.49. The summed E-state index contributed by atoms with van der Waals surface area (Å²) < 4.78 is 0. The summed E-state index contributed by atoms with van der Waals surface area (Å²) in [5, 5.41) is 0. The van der Waals surface area contributed by atoms with Crippen LogP contribution in [0.25, 0.3) is 0 Å². The number of nitrogens with two attached hydrogens (primary N) is 1. The molecule has 1 rings (SSSR count). The van der Waals surface area contributed by atoms with E-state index < -0.39 is 0 Å². The molecular weight excluding hydrogens is 246 g/mol. The summed E-state index contributed by atoms with van der Waals surface area (Å²) >= 11 is 0. The summed E-state index contributed by atoms with van der Waals surface area (Å²) in [6.07, 6.45) is 15.5. The fraction of sp³-hybridized carbons (Fsp3) is 0.833. The Morgan fingerprint density at radius 1 is 0.950 bits per heavy atom. The summed E-state index contributed by atoms with van der Waals surface area (Å²) in [5.74, 6) is 0.823. The van der Waals surface area contributed by atoms with E-state index >= 15 is 0 Å². The van der Waals surface area contributed by atoms with Crippen molar-refractivity contribution >= 4 is 5.91 Å². The molecule has 0 heterocycles. The maximum absolute atomic E-state index is 10.9. The molecule has 2 atom stereocenters. The second kappa shape index (κ2) is 10.0. The van der Waals surface area contributed by atoms with Crippen LogP contribution in [0.15, 0.2) is 12.2 Å². The Balaban J connectivity index is 1.84. The van der Waals surface area contributed by atoms with Crippen LogP contribution in [0.4, 0.5) is 0 Å². The molecule has 0 aromatic rings. The van der Waals surface area contributed by atoms with Crippen molar-refractivity contribution in [3.8, 4) is 0 Å². The molecule has 0 unspecified atom stereocenters. The van der Waals surface area contributed by atoms with Crippen LogP contribution in [-0.4, -0.2) is 5.91 Å². The van der Waals surface area contributed by atoms with Gasteiger partial charge >= 0.3 is 0 Å². The minimum Gasteiger partial charge on any atom is -0.370 e. The van der Waals surface area contributed by atoms with Crippen molar-refractivity contribution < 1.29 is 4.79 Å². The van der Waals surface area contributed by atoms with Crippen molar-refractivity contribution in [2.75, 3.05) is 0 Å². The molecule has 0 bridgehead atoms. The van der Waals surface area contributed by atoms with Crippen molar-refractivity contribution in [3.63, 3.8) is 0 Å². The Hall–Kier alpha value is -0.790. The molecule has 2 N–H and O–H groups in total. The van der Waals surface area contributed by atoms with E-state index in [2.05, 4.69) is 13.5 Å². The predicted octanol–water partition coefficient (Wildman–Crippen LogP) is 4.98. The first-order valence-corrected chi connectivity index (χ1v) is 8.63. The largest absolute Gasteiger partial charge is 0.370 e. The van der Waals surface area contributed by atoms with Gasteiger partial charge in [0, 0.05) is 6.42 Å². The number of unbranched alkanes of at least 4 members (excludes halogenated alkanes) is 9. The number of rotatable bonds is 13. The molecule has 1 aliphatic carbocycles. The van der Waals surface area contributed by atoms with Gasteiger partial charge in [0.1, 0.15) is 0 Å². The molecular formula is C18H33NO. The number of hydrogen-bond acceptors (Lipinski definition) is 1. The normalized spacial score (nSPS) is 21.1. The number of carbonyl (C=O) groups is 1. The second-order valence-corrected chi connectivity index (χ2v) is 6.43. The minimum absolute atomic E-state index is 0.179. The number of hydrogen-bond donors (Lipinski definition) is 1. The molecule has 2 heteroatoms. The summed E-state index contributed by atoms with van der Waals surface area (Å²) in [7, 11) is 0. The predicted molar refractivity (Wildman–Crippen MR) is 86.4 cm³/mol. The highest BCUT2D eigenvalue weighted by atomic mass is 16.1. The van der Waals surface area contributed by atoms with Crippen LogP contribution in [0.2, 0.25) is 0 Å². The summed E-state index contributed by atoms with van der Waals surface area (Å²) in [4.78, 5) is 10.9. The zero-order valence-corrected chi connectivity index (χ0v) is 13.3. The molecule has 1 aliphatic rings. The second-order valence-electron chi connectivity index (χ2n) is 6.43. The van der Waals surface area contributed by atoms with E-state index in [1.165, 1.54) is 76.2 Å². The third kappa shape index (κ3) is 7.12. The lowest BCUT2D eigenvalue weighted by atomic mass is 10.0. The molecule has 0 radical (unpaired) electrons. The van der Waals surface area contributed by atoms with E-state index in [1.807, 2.05) is 0 Å². The van der Waals surface area contributed by atoms with Gasteiger partial charge in [-0.25, -0.2) is 0 Å². The monoisotopic (exact) mass is 279 g/mol. The zero-order valence-electron chi connectivity index (χ0n) is 13.3. The van der Waals surface area contributed by atoms with E-state index in [4.69, 9.17) is 5.73 Å². The molecule has 1 saturated carbocycles. The highest BCUT2D eigenvalue weighted by molar-refractivity contribution is 5.75. The maximum Gasteiger partial charge on any atom is 0.218 e. The Labute approximate surface area is 125 Å². The SMILES string of the molecule is C=C1[C@@H](CC(N)=O)[C@H]1CCCCCCCCCCCC. The molecule has 1 fully saturated rings. The highest BCUT2D eigenvalue weighted by Gasteiger charge is 2.41. The highest BCUT2D eigenvalue weighted by Crippen LogP contribution is 2.49. The minimum atomic E-state index is -0.179. The van der Waals surface area contributed by atoms with Gasteiger partial charge in [-0.1, -0.05) is 83.3 Å². The van der Waals surface area contributed by atoms with Crippen molar-refractivity contribution in [2.45, 2.75) is 84.0 Å². The lowest BCUT2D eigenvalue weighted by Crippen LogP contribution is -2.11. The third-order valence-electron chi connectivity index (χ3n) is 4.62. The standard InChI is InChI=1S/C18H33NO/c1-3-4-5-6-7-8-9-10-11-12-13-16-15(2)17(16)14-18(19)20/h16-17H,2-14H2,1H3,(H2,19,20)/t16-,17+/m0/s1. The number of amides is 1. The fourth-order valence-corrected chi connectivity index (χ4v) is 3.17. The summed E-state index contributed by atoms with van der Waals surface area (Å²) in [6, 6.07) is 0. The molecule has 2 nitrogen and oxygen atoms in total. The number of carbonyl (C=O) groups excluding carboxylic acids is 1. The van der Waals surface area contributed by atoms with Gasteiger partial charge < -0.3 is 5.73 Å². The van der Waals surface area contributed by atoms with E-state index in [0.29, 0.717) is 18.3 Å². The molecule has 0 aliphatic heterocycles. The van der Waals surface area contributed by atoms with Gasteiger partial charge in [-0.3, -0.25) is 4.79 Å². The van der Waals surface area contributed by atoms with Crippen molar-refractivity contribution in [2.24, 2.45) is 17.6 Å². The first-order valence-electron chi connectivity index (χ1n) is 8.63. The van der Waals surface area contributed by atoms with Gasteiger partial charge in [-0.05, 0) is 18.3 Å². The number of primary amides is 1. The van der Waals surface area contributed by atoms with Crippen molar-refractivity contribution in [1.29, 1.82) is 0 Å². The number of allylic oxidation sites excluding steroid dienone is 1. The van der Waals surface area contributed by atoms with Crippen LogP contribution in [0, 0.1) is 11.8 Å². The first kappa shape index (κ1) is 17.3. The Morgan fingerprint density at radius 3 is 1.95 bits per heavy atom. The smallest absolute Gasteiger partial charge is 0.218 e. The average Bonchev–Trinajstić information content (AvgIpc) is 3.00. The maximum atomic E-state index is 10.9. The lowest BCUT2D eigenvalue weighted by molar-refractivity contribution is -0.118. The molecule has 0 saturated heterocycles. The van der Waals surface area contributed by atoms with E-state index in [1.54, 1.807) is 0 Å². The van der Waals surface area contributed by atoms with Gasteiger partial charge in [0.25, 0.3) is 0 Å². The first-order chi connectivity index (χ1) is 9.66. The van der Waals surface area contributed by atoms with Crippen LogP contribution in [-0.2, 0) is 4.79 Å². The molecule has 0 spiro atoms. The Bertz CT molecular complexity index is 298. The van der Waals surface area contributed by atoms with Crippen LogP contribution in [0.1, 0.15) is 84.0 Å². The van der Waals surface area contributed by atoms with Crippen molar-refractivity contribution in [1.82, 2.24) is 0 Å². The molecule has 20 heavy (non-hydrogen) atoms. The van der Waals surface area contributed by atoms with Crippen LogP contribution in [0.3, 0.4) is 0 Å². The molecule has 0 aromatic heterocycles. The van der Waals surface area contributed by atoms with Gasteiger partial charge in [0.15, 0.2) is 0 Å².